The highest BCUT2D eigenvalue weighted by Gasteiger charge is 2.37. The fourth-order valence-electron chi connectivity index (χ4n) is 4.32. The Morgan fingerprint density at radius 2 is 1.68 bits per heavy atom. The number of fused-ring (bicyclic) bond motifs is 1. The van der Waals surface area contributed by atoms with Crippen LogP contribution in [0.15, 0.2) is 78.9 Å². The zero-order valence-electron chi connectivity index (χ0n) is 22.2. The molecule has 7 heteroatoms. The van der Waals surface area contributed by atoms with Gasteiger partial charge in [0.25, 0.3) is 5.91 Å². The maximum absolute atomic E-state index is 13.5. The van der Waals surface area contributed by atoms with Crippen LogP contribution in [0.4, 0.5) is 17.1 Å². The van der Waals surface area contributed by atoms with Crippen LogP contribution in [-0.4, -0.2) is 30.4 Å². The van der Waals surface area contributed by atoms with E-state index in [1.54, 1.807) is 48.5 Å². The average Bonchev–Trinajstić information content (AvgIpc) is 2.88. The number of anilines is 3. The molecule has 7 nitrogen and oxygen atoms in total. The van der Waals surface area contributed by atoms with Gasteiger partial charge in [-0.05, 0) is 53.8 Å². The third-order valence-electron chi connectivity index (χ3n) is 6.31. The molecule has 0 spiro atoms. The zero-order chi connectivity index (χ0) is 27.3. The minimum absolute atomic E-state index is 0.0277. The third-order valence-corrected chi connectivity index (χ3v) is 6.31. The van der Waals surface area contributed by atoms with Crippen LogP contribution >= 0.6 is 0 Å². The highest BCUT2D eigenvalue weighted by Crippen LogP contribution is 2.34. The quantitative estimate of drug-likeness (QED) is 0.394. The van der Waals surface area contributed by atoms with Gasteiger partial charge in [-0.2, -0.15) is 0 Å². The molecule has 0 fully saturated rings. The molecule has 0 radical (unpaired) electrons. The molecule has 0 saturated carbocycles. The molecule has 1 aliphatic rings. The zero-order valence-corrected chi connectivity index (χ0v) is 22.2. The molecular weight excluding hydrogens is 478 g/mol. The van der Waals surface area contributed by atoms with Crippen LogP contribution in [0, 0.1) is 0 Å². The van der Waals surface area contributed by atoms with Gasteiger partial charge < -0.3 is 15.4 Å². The Kier molecular flexibility index (Phi) is 7.96. The van der Waals surface area contributed by atoms with Crippen molar-refractivity contribution < 1.29 is 19.1 Å². The van der Waals surface area contributed by atoms with Crippen molar-refractivity contribution in [2.24, 2.45) is 0 Å². The van der Waals surface area contributed by atoms with Gasteiger partial charge in [-0.1, -0.05) is 69.3 Å². The number of nitrogens with zero attached hydrogens (tertiary/aromatic N) is 1. The van der Waals surface area contributed by atoms with E-state index in [2.05, 4.69) is 31.4 Å². The topological polar surface area (TPSA) is 87.7 Å². The first-order chi connectivity index (χ1) is 18.2. The molecule has 1 atom stereocenters. The first kappa shape index (κ1) is 26.7. The first-order valence-corrected chi connectivity index (χ1v) is 12.7. The Bertz CT molecular complexity index is 1360. The Morgan fingerprint density at radius 3 is 2.39 bits per heavy atom. The van der Waals surface area contributed by atoms with E-state index in [9.17, 15) is 14.4 Å². The second-order valence-electron chi connectivity index (χ2n) is 10.1. The van der Waals surface area contributed by atoms with Crippen LogP contribution in [0.3, 0.4) is 0 Å². The molecule has 38 heavy (non-hydrogen) atoms. The van der Waals surface area contributed by atoms with Crippen molar-refractivity contribution in [2.75, 3.05) is 22.1 Å². The molecule has 1 heterocycles. The molecule has 4 rings (SSSR count). The monoisotopic (exact) mass is 511 g/mol. The van der Waals surface area contributed by atoms with Gasteiger partial charge in [0.1, 0.15) is 11.8 Å². The minimum atomic E-state index is -1.02. The van der Waals surface area contributed by atoms with Gasteiger partial charge in [0.15, 0.2) is 0 Å². The fraction of sp³-hybridized carbons (Fsp3) is 0.258. The number of hydrogen-bond donors (Lipinski definition) is 2. The molecule has 3 aromatic carbocycles. The number of amides is 3. The number of nitrogens with one attached hydrogen (secondary N) is 2. The van der Waals surface area contributed by atoms with Crippen molar-refractivity contribution in [3.8, 4) is 5.75 Å². The summed E-state index contributed by atoms with van der Waals surface area (Å²) in [7, 11) is 0. The third kappa shape index (κ3) is 6.11. The van der Waals surface area contributed by atoms with E-state index in [1.165, 1.54) is 16.5 Å². The van der Waals surface area contributed by atoms with E-state index in [0.29, 0.717) is 29.4 Å². The van der Waals surface area contributed by atoms with Gasteiger partial charge >= 0.3 is 0 Å². The molecule has 2 N–H and O–H groups in total. The van der Waals surface area contributed by atoms with E-state index in [-0.39, 0.29) is 17.7 Å². The number of benzene rings is 3. The predicted octanol–water partition coefficient (Wildman–Crippen LogP) is 5.78. The average molecular weight is 512 g/mol. The lowest BCUT2D eigenvalue weighted by Crippen LogP contribution is -2.52. The Balaban J connectivity index is 1.58. The molecule has 3 aromatic rings. The summed E-state index contributed by atoms with van der Waals surface area (Å²) in [6, 6.07) is 21.1. The maximum atomic E-state index is 13.5. The van der Waals surface area contributed by atoms with Crippen molar-refractivity contribution >= 4 is 40.9 Å². The summed E-state index contributed by atoms with van der Waals surface area (Å²) in [6.45, 7) is 8.74. The Morgan fingerprint density at radius 1 is 1.00 bits per heavy atom. The minimum Gasteiger partial charge on any atom is -0.492 e. The van der Waals surface area contributed by atoms with Gasteiger partial charge in [-0.15, -0.1) is 0 Å². The van der Waals surface area contributed by atoms with E-state index in [0.717, 1.165) is 5.56 Å². The lowest BCUT2D eigenvalue weighted by molar-refractivity contribution is -0.124. The molecule has 1 unspecified atom stereocenters. The number of rotatable bonds is 7. The SMILES string of the molecule is CCOc1ccccc1NC(=O)CC1C(=O)Nc2ccccc2N1C(=O)C=Cc1ccc(C(C)(C)C)cc1. The van der Waals surface area contributed by atoms with Gasteiger partial charge in [-0.3, -0.25) is 19.3 Å². The summed E-state index contributed by atoms with van der Waals surface area (Å²) in [6.07, 6.45) is 2.94. The van der Waals surface area contributed by atoms with Crippen molar-refractivity contribution in [3.63, 3.8) is 0 Å². The summed E-state index contributed by atoms with van der Waals surface area (Å²) in [5, 5.41) is 5.65. The number of para-hydroxylation sites is 4. The lowest BCUT2D eigenvalue weighted by Gasteiger charge is -2.35. The second kappa shape index (κ2) is 11.3. The molecule has 3 amide bonds. The van der Waals surface area contributed by atoms with Crippen LogP contribution < -0.4 is 20.3 Å². The fourth-order valence-corrected chi connectivity index (χ4v) is 4.32. The van der Waals surface area contributed by atoms with Crippen LogP contribution in [0.25, 0.3) is 6.08 Å². The summed E-state index contributed by atoms with van der Waals surface area (Å²) in [4.78, 5) is 41.0. The van der Waals surface area contributed by atoms with Crippen LogP contribution in [0.5, 0.6) is 5.75 Å². The van der Waals surface area contributed by atoms with Gasteiger partial charge in [0.2, 0.25) is 11.8 Å². The molecule has 0 aromatic heterocycles. The van der Waals surface area contributed by atoms with Crippen LogP contribution in [-0.2, 0) is 19.8 Å². The van der Waals surface area contributed by atoms with E-state index < -0.39 is 17.9 Å². The number of carbonyl (C=O) groups excluding carboxylic acids is 3. The number of ether oxygens (including phenoxy) is 1. The van der Waals surface area contributed by atoms with E-state index in [4.69, 9.17) is 4.74 Å². The molecule has 1 aliphatic heterocycles. The van der Waals surface area contributed by atoms with Gasteiger partial charge in [-0.25, -0.2) is 0 Å². The Labute approximate surface area is 223 Å². The van der Waals surface area contributed by atoms with E-state index in [1.807, 2.05) is 37.3 Å². The largest absolute Gasteiger partial charge is 0.492 e. The molecule has 196 valence electrons. The first-order valence-electron chi connectivity index (χ1n) is 12.7. The molecule has 0 bridgehead atoms. The van der Waals surface area contributed by atoms with Crippen LogP contribution in [0.2, 0.25) is 0 Å². The summed E-state index contributed by atoms with van der Waals surface area (Å²) in [5.41, 5.74) is 3.65. The number of hydrogen-bond acceptors (Lipinski definition) is 4. The highest BCUT2D eigenvalue weighted by atomic mass is 16.5. The molecule has 0 saturated heterocycles. The summed E-state index contributed by atoms with van der Waals surface area (Å²) < 4.78 is 5.59. The summed E-state index contributed by atoms with van der Waals surface area (Å²) >= 11 is 0. The van der Waals surface area contributed by atoms with Gasteiger partial charge in [0.05, 0.1) is 30.1 Å². The van der Waals surface area contributed by atoms with E-state index >= 15 is 0 Å². The van der Waals surface area contributed by atoms with Crippen LogP contribution in [0.1, 0.15) is 45.2 Å². The maximum Gasteiger partial charge on any atom is 0.251 e. The van der Waals surface area contributed by atoms with Crippen molar-refractivity contribution in [2.45, 2.75) is 45.6 Å². The second-order valence-corrected chi connectivity index (χ2v) is 10.1. The standard InChI is InChI=1S/C31H33N3O4/c1-5-38-27-13-9-7-11-24(27)32-28(35)20-26-30(37)33-23-10-6-8-12-25(23)34(26)29(36)19-16-21-14-17-22(18-15-21)31(2,3)4/h6-19,26H,5,20H2,1-4H3,(H,32,35)(H,33,37). The van der Waals surface area contributed by atoms with Crippen molar-refractivity contribution in [3.05, 3.63) is 90.0 Å². The van der Waals surface area contributed by atoms with Crippen molar-refractivity contribution in [1.82, 2.24) is 0 Å². The predicted molar refractivity (Wildman–Crippen MR) is 151 cm³/mol. The van der Waals surface area contributed by atoms with Crippen molar-refractivity contribution in [1.29, 1.82) is 0 Å². The normalized spacial score (nSPS) is 15.1. The molecule has 0 aliphatic carbocycles. The van der Waals surface area contributed by atoms with Gasteiger partial charge in [0, 0.05) is 6.08 Å². The summed E-state index contributed by atoms with van der Waals surface area (Å²) in [5.74, 6) is -0.681. The lowest BCUT2D eigenvalue weighted by atomic mass is 9.87. The highest BCUT2D eigenvalue weighted by molar-refractivity contribution is 6.16. The Hall–Kier alpha value is -4.39. The molecular formula is C31H33N3O4. The number of carbonyl (C=O) groups is 3. The smallest absolute Gasteiger partial charge is 0.251 e.